The summed E-state index contributed by atoms with van der Waals surface area (Å²) >= 11 is 0. The van der Waals surface area contributed by atoms with Gasteiger partial charge in [-0.15, -0.1) is 13.2 Å². The number of ether oxygens (including phenoxy) is 1. The second-order valence-electron chi connectivity index (χ2n) is 10.4. The number of phenols is 1. The molecule has 0 aliphatic carbocycles. The van der Waals surface area contributed by atoms with Gasteiger partial charge in [-0.2, -0.15) is 13.2 Å². The molecule has 43 heavy (non-hydrogen) atoms. The number of hydrogen-bond acceptors (Lipinski definition) is 5. The number of pyridine rings is 1. The number of halogens is 6. The molecular weight excluding hydrogens is 578 g/mol. The number of aromatic hydroxyl groups is 1. The fourth-order valence-corrected chi connectivity index (χ4v) is 5.10. The Bertz CT molecular complexity index is 1650. The van der Waals surface area contributed by atoms with Gasteiger partial charge in [-0.05, 0) is 59.7 Å². The monoisotopic (exact) mass is 602 g/mol. The van der Waals surface area contributed by atoms with Crippen LogP contribution in [0, 0.1) is 0 Å². The van der Waals surface area contributed by atoms with Gasteiger partial charge in [0.15, 0.2) is 0 Å². The van der Waals surface area contributed by atoms with Gasteiger partial charge >= 0.3 is 18.6 Å². The largest absolute Gasteiger partial charge is 0.573 e. The first kappa shape index (κ1) is 29.5. The number of hydrogen-bond donors (Lipinski definition) is 3. The lowest BCUT2D eigenvalue weighted by Gasteiger charge is -2.25. The molecule has 0 saturated carbocycles. The van der Waals surface area contributed by atoms with E-state index in [2.05, 4.69) is 20.4 Å². The highest BCUT2D eigenvalue weighted by Crippen LogP contribution is 2.53. The normalized spacial score (nSPS) is 14.3. The first-order valence-electron chi connectivity index (χ1n) is 12.8. The van der Waals surface area contributed by atoms with Crippen LogP contribution in [0.25, 0.3) is 11.1 Å². The Morgan fingerprint density at radius 3 is 2.26 bits per heavy atom. The number of amides is 2. The molecule has 0 bridgehead atoms. The van der Waals surface area contributed by atoms with E-state index >= 15 is 0 Å². The number of nitrogens with one attached hydrogen (secondary N) is 2. The summed E-state index contributed by atoms with van der Waals surface area (Å²) in [7, 11) is 0. The molecule has 1 aromatic heterocycles. The average molecular weight is 603 g/mol. The van der Waals surface area contributed by atoms with Gasteiger partial charge in [0.05, 0.1) is 17.1 Å². The molecule has 13 heteroatoms. The fourth-order valence-electron chi connectivity index (χ4n) is 5.10. The number of nitrogens with zero attached hydrogens (tertiary/aromatic N) is 2. The first-order valence-corrected chi connectivity index (χ1v) is 12.8. The minimum Gasteiger partial charge on any atom is -0.506 e. The lowest BCUT2D eigenvalue weighted by atomic mass is 9.82. The molecule has 3 aromatic carbocycles. The van der Waals surface area contributed by atoms with Crippen LogP contribution in [0.3, 0.4) is 0 Å². The van der Waals surface area contributed by atoms with Crippen LogP contribution in [0.1, 0.15) is 25.1 Å². The molecule has 4 aromatic rings. The van der Waals surface area contributed by atoms with Crippen LogP contribution >= 0.6 is 0 Å². The maximum Gasteiger partial charge on any atom is 0.573 e. The molecule has 1 aliphatic heterocycles. The zero-order valence-corrected chi connectivity index (χ0v) is 22.6. The molecule has 0 unspecified atom stereocenters. The van der Waals surface area contributed by atoms with E-state index in [0.29, 0.717) is 40.3 Å². The summed E-state index contributed by atoms with van der Waals surface area (Å²) in [4.78, 5) is 18.2. The van der Waals surface area contributed by atoms with Crippen molar-refractivity contribution in [1.82, 2.24) is 4.98 Å². The van der Waals surface area contributed by atoms with Crippen molar-refractivity contribution in [1.29, 1.82) is 0 Å². The van der Waals surface area contributed by atoms with Crippen molar-refractivity contribution >= 4 is 28.8 Å². The van der Waals surface area contributed by atoms with Crippen LogP contribution in [0.4, 0.5) is 53.9 Å². The van der Waals surface area contributed by atoms with E-state index in [1.807, 2.05) is 18.7 Å². The number of rotatable bonds is 5. The second kappa shape index (κ2) is 10.7. The van der Waals surface area contributed by atoms with Crippen molar-refractivity contribution in [2.24, 2.45) is 0 Å². The Labute approximate surface area is 241 Å². The Kier molecular flexibility index (Phi) is 7.36. The zero-order chi connectivity index (χ0) is 31.2. The van der Waals surface area contributed by atoms with E-state index in [-0.39, 0.29) is 11.4 Å². The average Bonchev–Trinajstić information content (AvgIpc) is 3.21. The molecule has 0 atom stereocenters. The van der Waals surface area contributed by atoms with Crippen LogP contribution < -0.4 is 20.3 Å². The first-order chi connectivity index (χ1) is 20.1. The van der Waals surface area contributed by atoms with Crippen LogP contribution in [-0.4, -0.2) is 29.0 Å². The summed E-state index contributed by atoms with van der Waals surface area (Å²) in [5, 5.41) is 16.3. The highest BCUT2D eigenvalue weighted by Gasteiger charge is 2.41. The van der Waals surface area contributed by atoms with E-state index in [9.17, 15) is 36.2 Å². The summed E-state index contributed by atoms with van der Waals surface area (Å²) in [5.41, 5.74) is 1.65. The van der Waals surface area contributed by atoms with Crippen molar-refractivity contribution < 1.29 is 41.0 Å². The quantitative estimate of drug-likeness (QED) is 0.200. The van der Waals surface area contributed by atoms with Gasteiger partial charge in [-0.25, -0.2) is 4.79 Å². The number of carbonyl (C=O) groups excluding carboxylic acids is 1. The lowest BCUT2D eigenvalue weighted by Crippen LogP contribution is -2.27. The van der Waals surface area contributed by atoms with Crippen molar-refractivity contribution in [2.75, 3.05) is 22.1 Å². The predicted molar refractivity (Wildman–Crippen MR) is 149 cm³/mol. The van der Waals surface area contributed by atoms with E-state index < -0.39 is 35.4 Å². The van der Waals surface area contributed by atoms with Gasteiger partial charge in [0.2, 0.25) is 0 Å². The molecule has 0 radical (unpaired) electrons. The minimum atomic E-state index is -4.84. The van der Waals surface area contributed by atoms with Crippen LogP contribution in [0.5, 0.6) is 11.5 Å². The van der Waals surface area contributed by atoms with Gasteiger partial charge in [-0.3, -0.25) is 4.98 Å². The number of para-hydroxylation sites is 2. The molecule has 2 amide bonds. The lowest BCUT2D eigenvalue weighted by molar-refractivity contribution is -0.274. The van der Waals surface area contributed by atoms with Gasteiger partial charge in [0.25, 0.3) is 0 Å². The minimum absolute atomic E-state index is 0.0652. The Balaban J connectivity index is 1.44. The van der Waals surface area contributed by atoms with E-state index in [1.54, 1.807) is 30.3 Å². The molecule has 3 N–H and O–H groups in total. The summed E-state index contributed by atoms with van der Waals surface area (Å²) in [6.45, 7) is 4.21. The highest BCUT2D eigenvalue weighted by molar-refractivity contribution is 6.03. The van der Waals surface area contributed by atoms with Crippen molar-refractivity contribution in [3.63, 3.8) is 0 Å². The molecule has 0 spiro atoms. The van der Waals surface area contributed by atoms with Crippen LogP contribution in [0.15, 0.2) is 79.0 Å². The highest BCUT2D eigenvalue weighted by atomic mass is 19.4. The van der Waals surface area contributed by atoms with Crippen molar-refractivity contribution in [2.45, 2.75) is 31.8 Å². The van der Waals surface area contributed by atoms with Gasteiger partial charge in [0.1, 0.15) is 17.2 Å². The number of alkyl halides is 6. The Morgan fingerprint density at radius 2 is 1.63 bits per heavy atom. The zero-order valence-electron chi connectivity index (χ0n) is 22.6. The van der Waals surface area contributed by atoms with Gasteiger partial charge < -0.3 is 25.4 Å². The van der Waals surface area contributed by atoms with Gasteiger partial charge in [0, 0.05) is 29.4 Å². The van der Waals surface area contributed by atoms with Crippen LogP contribution in [-0.2, 0) is 11.6 Å². The van der Waals surface area contributed by atoms with Crippen LogP contribution in [0.2, 0.25) is 0 Å². The summed E-state index contributed by atoms with van der Waals surface area (Å²) in [6, 6.07) is 16.1. The summed E-state index contributed by atoms with van der Waals surface area (Å²) < 4.78 is 80.4. The topological polar surface area (TPSA) is 86.7 Å². The molecule has 0 saturated heterocycles. The Hall–Kier alpha value is -4.94. The molecule has 0 fully saturated rings. The van der Waals surface area contributed by atoms with E-state index in [1.165, 1.54) is 24.3 Å². The predicted octanol–water partition coefficient (Wildman–Crippen LogP) is 8.44. The third-order valence-corrected chi connectivity index (χ3v) is 6.81. The smallest absolute Gasteiger partial charge is 0.506 e. The standard InChI is InChI=1S/C30H24F6N4O3/c1-28(2)16-40(26-23(41)13-12-20(25(26)28)17-7-14-24(37-15-17)29(31,32)33)22-6-4-3-5-21(22)39-27(42)38-18-8-10-19(11-9-18)43-30(34,35)36/h3-15,41H,16H2,1-2H3,(H2,38,39,42). The van der Waals surface area contributed by atoms with E-state index in [4.69, 9.17) is 0 Å². The SMILES string of the molecule is CC1(C)CN(c2ccccc2NC(=O)Nc2ccc(OC(F)(F)F)cc2)c2c(O)ccc(-c3ccc(C(F)(F)F)nc3)c21. The number of urea groups is 1. The molecular formula is C30H24F6N4O3. The third-order valence-electron chi connectivity index (χ3n) is 6.81. The third kappa shape index (κ3) is 6.30. The number of aromatic nitrogens is 1. The number of phenolic OH excluding ortho intramolecular Hbond substituents is 1. The number of carbonyl (C=O) groups is 1. The molecule has 7 nitrogen and oxygen atoms in total. The second-order valence-corrected chi connectivity index (χ2v) is 10.4. The number of anilines is 4. The number of benzene rings is 3. The number of fused-ring (bicyclic) bond motifs is 1. The van der Waals surface area contributed by atoms with Gasteiger partial charge in [-0.1, -0.05) is 38.1 Å². The summed E-state index contributed by atoms with van der Waals surface area (Å²) in [5.74, 6) is -0.505. The maximum atomic E-state index is 13.1. The van der Waals surface area contributed by atoms with Crippen molar-refractivity contribution in [3.05, 3.63) is 90.3 Å². The molecule has 5 rings (SSSR count). The maximum absolute atomic E-state index is 13.1. The fraction of sp³-hybridized carbons (Fsp3) is 0.200. The van der Waals surface area contributed by atoms with E-state index in [0.717, 1.165) is 24.4 Å². The summed E-state index contributed by atoms with van der Waals surface area (Å²) in [6.07, 6.45) is -8.28. The molecule has 224 valence electrons. The molecule has 1 aliphatic rings. The Morgan fingerprint density at radius 1 is 0.930 bits per heavy atom. The van der Waals surface area contributed by atoms with Crippen molar-refractivity contribution in [3.8, 4) is 22.6 Å². The molecule has 2 heterocycles.